The average Bonchev–Trinajstić information content (AvgIpc) is 3.32. The molecule has 0 radical (unpaired) electrons. The monoisotopic (exact) mass is 586 g/mol. The minimum atomic E-state index is -0.606. The minimum absolute atomic E-state index is 0.0856. The Labute approximate surface area is 249 Å². The van der Waals surface area contributed by atoms with Gasteiger partial charge in [0.1, 0.15) is 11.4 Å². The maximum atomic E-state index is 14.0. The largest absolute Gasteiger partial charge is 0.444 e. The number of fused-ring (bicyclic) bond motifs is 2. The number of piperidine rings is 1. The van der Waals surface area contributed by atoms with Crippen LogP contribution in [0.5, 0.6) is 0 Å². The van der Waals surface area contributed by atoms with Gasteiger partial charge in [-0.25, -0.2) is 19.6 Å². The summed E-state index contributed by atoms with van der Waals surface area (Å²) in [4.78, 5) is 56.1. The molecule has 0 unspecified atom stereocenters. The molecule has 3 aromatic heterocycles. The quantitative estimate of drug-likeness (QED) is 0.354. The third kappa shape index (κ3) is 5.98. The molecule has 1 amide bonds. The number of nitrogens with zero attached hydrogens (tertiary/aromatic N) is 7. The molecule has 0 aliphatic carbocycles. The predicted molar refractivity (Wildman–Crippen MR) is 165 cm³/mol. The number of anilines is 1. The summed E-state index contributed by atoms with van der Waals surface area (Å²) in [5.41, 5.74) is 1.55. The van der Waals surface area contributed by atoms with E-state index in [2.05, 4.69) is 27.1 Å². The van der Waals surface area contributed by atoms with Crippen molar-refractivity contribution in [2.45, 2.75) is 79.1 Å². The van der Waals surface area contributed by atoms with E-state index < -0.39 is 22.9 Å². The average molecular weight is 587 g/mol. The number of alkyl carbamates (subject to hydrolysis) is 1. The smallest absolute Gasteiger partial charge is 0.407 e. The number of hydrogen-bond donors (Lipinski definition) is 1. The topological polar surface area (TPSA) is 129 Å². The van der Waals surface area contributed by atoms with Gasteiger partial charge in [0.25, 0.3) is 5.56 Å². The van der Waals surface area contributed by atoms with Gasteiger partial charge in [0.05, 0.1) is 18.6 Å². The summed E-state index contributed by atoms with van der Waals surface area (Å²) in [6.45, 7) is 12.4. The zero-order valence-electron chi connectivity index (χ0n) is 25.8. The molecular weight excluding hydrogens is 548 g/mol. The number of rotatable bonds is 5. The SMILES string of the molecule is CC#CCn1c(N2CCC[C@@H](NC(=O)OC(C)(C)C)C2)nc2c1c(=O)n(Cc1nc(C)c3c(C)cccc3n1)c(=O)n2C. The lowest BCUT2D eigenvalue weighted by Crippen LogP contribution is -2.49. The van der Waals surface area contributed by atoms with Crippen molar-refractivity contribution in [3.63, 3.8) is 0 Å². The van der Waals surface area contributed by atoms with E-state index in [0.29, 0.717) is 24.9 Å². The molecule has 0 bridgehead atoms. The standard InChI is InChI=1S/C31H38N8O4/c1-8-9-16-38-25-26(35-28(38)37-15-11-13-21(17-37)33-29(41)43-31(4,5)6)36(7)30(42)39(27(25)40)18-23-32-20(3)24-19(2)12-10-14-22(24)34-23/h10,12,14,21H,11,13,15-18H2,1-7H3,(H,33,41)/t21-/m1/s1. The van der Waals surface area contributed by atoms with Crippen LogP contribution in [-0.4, -0.2) is 59.5 Å². The number of carbonyl (C=O) groups is 1. The molecule has 1 aliphatic heterocycles. The first-order valence-electron chi connectivity index (χ1n) is 14.4. The van der Waals surface area contributed by atoms with Crippen LogP contribution in [-0.2, 0) is 24.9 Å². The van der Waals surface area contributed by atoms with E-state index in [1.165, 1.54) is 4.57 Å². The molecule has 226 valence electrons. The number of aromatic nitrogens is 6. The first-order chi connectivity index (χ1) is 20.4. The molecule has 1 aromatic carbocycles. The van der Waals surface area contributed by atoms with Crippen LogP contribution in [0.3, 0.4) is 0 Å². The first kappa shape index (κ1) is 29.8. The van der Waals surface area contributed by atoms with Crippen molar-refractivity contribution in [1.82, 2.24) is 34.0 Å². The fourth-order valence-electron chi connectivity index (χ4n) is 5.64. The number of imidazole rings is 1. The Kier molecular flexibility index (Phi) is 8.01. The normalized spacial score (nSPS) is 15.4. The van der Waals surface area contributed by atoms with Crippen LogP contribution in [0, 0.1) is 25.7 Å². The van der Waals surface area contributed by atoms with Crippen LogP contribution in [0.15, 0.2) is 27.8 Å². The molecule has 1 N–H and O–H groups in total. The number of amides is 1. The Morgan fingerprint density at radius 3 is 2.63 bits per heavy atom. The number of hydrogen-bond acceptors (Lipinski definition) is 8. The lowest BCUT2D eigenvalue weighted by atomic mass is 10.1. The summed E-state index contributed by atoms with van der Waals surface area (Å²) in [6.07, 6.45) is 1.10. The van der Waals surface area contributed by atoms with E-state index in [9.17, 15) is 14.4 Å². The number of carbonyl (C=O) groups excluding carboxylic acids is 1. The van der Waals surface area contributed by atoms with Gasteiger partial charge >= 0.3 is 11.8 Å². The zero-order valence-corrected chi connectivity index (χ0v) is 25.8. The highest BCUT2D eigenvalue weighted by Gasteiger charge is 2.29. The second-order valence-electron chi connectivity index (χ2n) is 12.0. The lowest BCUT2D eigenvalue weighted by Gasteiger charge is -2.34. The van der Waals surface area contributed by atoms with Gasteiger partial charge in [-0.05, 0) is 66.0 Å². The van der Waals surface area contributed by atoms with Gasteiger partial charge in [-0.3, -0.25) is 18.5 Å². The van der Waals surface area contributed by atoms with Gasteiger partial charge in [-0.1, -0.05) is 18.1 Å². The van der Waals surface area contributed by atoms with Gasteiger partial charge in [0.15, 0.2) is 11.2 Å². The van der Waals surface area contributed by atoms with Crippen LogP contribution in [0.4, 0.5) is 10.7 Å². The molecule has 1 aliphatic rings. The number of benzene rings is 1. The summed E-state index contributed by atoms with van der Waals surface area (Å²) >= 11 is 0. The second-order valence-corrected chi connectivity index (χ2v) is 12.0. The van der Waals surface area contributed by atoms with E-state index in [1.54, 1.807) is 18.5 Å². The molecule has 1 atom stereocenters. The third-order valence-electron chi connectivity index (χ3n) is 7.51. The molecule has 1 saturated heterocycles. The van der Waals surface area contributed by atoms with Crippen LogP contribution in [0.2, 0.25) is 0 Å². The first-order valence-corrected chi connectivity index (χ1v) is 14.4. The van der Waals surface area contributed by atoms with E-state index in [1.807, 2.05) is 57.7 Å². The van der Waals surface area contributed by atoms with Crippen molar-refractivity contribution < 1.29 is 9.53 Å². The number of nitrogens with one attached hydrogen (secondary N) is 1. The second kappa shape index (κ2) is 11.6. The van der Waals surface area contributed by atoms with Crippen LogP contribution in [0.1, 0.15) is 57.6 Å². The maximum absolute atomic E-state index is 14.0. The summed E-state index contributed by atoms with van der Waals surface area (Å²) < 4.78 is 9.75. The third-order valence-corrected chi connectivity index (χ3v) is 7.51. The van der Waals surface area contributed by atoms with E-state index >= 15 is 0 Å². The molecule has 5 rings (SSSR count). The fraction of sp³-hybridized carbons (Fsp3) is 0.484. The summed E-state index contributed by atoms with van der Waals surface area (Å²) in [5.74, 6) is 6.84. The molecule has 4 aromatic rings. The molecular formula is C31H38N8O4. The number of ether oxygens (including phenoxy) is 1. The van der Waals surface area contributed by atoms with Crippen molar-refractivity contribution in [2.24, 2.45) is 7.05 Å². The lowest BCUT2D eigenvalue weighted by molar-refractivity contribution is 0.0499. The molecule has 12 nitrogen and oxygen atoms in total. The highest BCUT2D eigenvalue weighted by Crippen LogP contribution is 2.24. The fourth-order valence-corrected chi connectivity index (χ4v) is 5.64. The highest BCUT2D eigenvalue weighted by molar-refractivity contribution is 5.84. The zero-order chi connectivity index (χ0) is 31.1. The Balaban J connectivity index is 1.56. The molecule has 1 fully saturated rings. The van der Waals surface area contributed by atoms with Crippen molar-refractivity contribution in [3.05, 3.63) is 56.1 Å². The van der Waals surface area contributed by atoms with Crippen LogP contribution in [0.25, 0.3) is 22.1 Å². The van der Waals surface area contributed by atoms with Crippen molar-refractivity contribution in [3.8, 4) is 11.8 Å². The van der Waals surface area contributed by atoms with Crippen molar-refractivity contribution >= 4 is 34.1 Å². The minimum Gasteiger partial charge on any atom is -0.444 e. The molecule has 0 saturated carbocycles. The van der Waals surface area contributed by atoms with E-state index in [4.69, 9.17) is 9.72 Å². The van der Waals surface area contributed by atoms with Gasteiger partial charge in [-0.2, -0.15) is 4.98 Å². The van der Waals surface area contributed by atoms with Crippen LogP contribution >= 0.6 is 0 Å². The molecule has 12 heteroatoms. The van der Waals surface area contributed by atoms with Crippen molar-refractivity contribution in [2.75, 3.05) is 18.0 Å². The molecule has 43 heavy (non-hydrogen) atoms. The molecule has 4 heterocycles. The highest BCUT2D eigenvalue weighted by atomic mass is 16.6. The Morgan fingerprint density at radius 2 is 1.91 bits per heavy atom. The Bertz CT molecular complexity index is 1900. The van der Waals surface area contributed by atoms with Gasteiger partial charge < -0.3 is 15.0 Å². The van der Waals surface area contributed by atoms with E-state index in [-0.39, 0.29) is 30.3 Å². The van der Waals surface area contributed by atoms with Gasteiger partial charge in [0.2, 0.25) is 5.95 Å². The summed E-state index contributed by atoms with van der Waals surface area (Å²) in [5, 5.41) is 3.92. The van der Waals surface area contributed by atoms with Crippen LogP contribution < -0.4 is 21.5 Å². The van der Waals surface area contributed by atoms with Gasteiger partial charge in [0, 0.05) is 37.3 Å². The Hall–Kier alpha value is -4.66. The summed E-state index contributed by atoms with van der Waals surface area (Å²) in [6, 6.07) is 5.65. The maximum Gasteiger partial charge on any atom is 0.407 e. The summed E-state index contributed by atoms with van der Waals surface area (Å²) in [7, 11) is 1.60. The predicted octanol–water partition coefficient (Wildman–Crippen LogP) is 3.02. The van der Waals surface area contributed by atoms with Gasteiger partial charge in [-0.15, -0.1) is 5.92 Å². The number of aryl methyl sites for hydroxylation is 3. The molecule has 0 spiro atoms. The van der Waals surface area contributed by atoms with E-state index in [0.717, 1.165) is 39.6 Å². The Morgan fingerprint density at radius 1 is 1.14 bits per heavy atom. The van der Waals surface area contributed by atoms with Crippen molar-refractivity contribution in [1.29, 1.82) is 0 Å².